The lowest BCUT2D eigenvalue weighted by molar-refractivity contribution is 0.627. The second-order valence-electron chi connectivity index (χ2n) is 5.63. The minimum atomic E-state index is -0.236. The van der Waals surface area contributed by atoms with Crippen LogP contribution in [0, 0.1) is 5.82 Å². The Bertz CT molecular complexity index is 981. The zero-order valence-corrected chi connectivity index (χ0v) is 14.5. The molecule has 0 unspecified atom stereocenters. The number of anilines is 1. The van der Waals surface area contributed by atoms with Gasteiger partial charge in [0, 0.05) is 31.6 Å². The van der Waals surface area contributed by atoms with Crippen LogP contribution in [-0.4, -0.2) is 25.0 Å². The molecule has 0 radical (unpaired) electrons. The van der Waals surface area contributed by atoms with Gasteiger partial charge in [-0.3, -0.25) is 0 Å². The van der Waals surface area contributed by atoms with Crippen LogP contribution < -0.4 is 5.32 Å². The summed E-state index contributed by atoms with van der Waals surface area (Å²) in [5, 5.41) is 17.4. The molecule has 4 rings (SSSR count). The minimum Gasteiger partial charge on any atom is -0.356 e. The van der Waals surface area contributed by atoms with Gasteiger partial charge in [-0.15, -0.1) is 10.2 Å². The van der Waals surface area contributed by atoms with Crippen LogP contribution in [0.15, 0.2) is 61.1 Å². The van der Waals surface area contributed by atoms with Gasteiger partial charge in [0.1, 0.15) is 10.8 Å². The van der Waals surface area contributed by atoms with E-state index < -0.39 is 0 Å². The molecule has 0 atom stereocenters. The van der Waals surface area contributed by atoms with Crippen LogP contribution in [0.1, 0.15) is 16.1 Å². The van der Waals surface area contributed by atoms with Crippen molar-refractivity contribution in [2.24, 2.45) is 0 Å². The quantitative estimate of drug-likeness (QED) is 0.566. The Kier molecular flexibility index (Phi) is 4.65. The summed E-state index contributed by atoms with van der Waals surface area (Å²) in [5.41, 5.74) is 2.08. The van der Waals surface area contributed by atoms with Crippen LogP contribution in [0.5, 0.6) is 0 Å². The van der Waals surface area contributed by atoms with Crippen molar-refractivity contribution in [3.63, 3.8) is 0 Å². The number of nitrogens with zero attached hydrogens (tertiary/aromatic N) is 5. The molecular weight excluding hydrogens is 351 g/mol. The molecule has 0 bridgehead atoms. The molecule has 0 amide bonds. The maximum absolute atomic E-state index is 13.0. The van der Waals surface area contributed by atoms with E-state index in [1.54, 1.807) is 29.2 Å². The average Bonchev–Trinajstić information content (AvgIpc) is 3.34. The van der Waals surface area contributed by atoms with E-state index in [9.17, 15) is 4.39 Å². The maximum Gasteiger partial charge on any atom is 0.205 e. The number of rotatable bonds is 6. The fourth-order valence-electron chi connectivity index (χ4n) is 2.45. The highest BCUT2D eigenvalue weighted by Crippen LogP contribution is 2.19. The zero-order chi connectivity index (χ0) is 17.8. The Morgan fingerprint density at radius 3 is 2.73 bits per heavy atom. The van der Waals surface area contributed by atoms with Crippen molar-refractivity contribution in [1.82, 2.24) is 25.0 Å². The van der Waals surface area contributed by atoms with Crippen molar-refractivity contribution in [3.8, 4) is 5.82 Å². The minimum absolute atomic E-state index is 0.236. The van der Waals surface area contributed by atoms with E-state index >= 15 is 0 Å². The number of aromatic nitrogens is 5. The molecule has 130 valence electrons. The lowest BCUT2D eigenvalue weighted by atomic mass is 10.2. The Hall–Kier alpha value is -3.13. The lowest BCUT2D eigenvalue weighted by Gasteiger charge is -2.05. The van der Waals surface area contributed by atoms with Crippen molar-refractivity contribution in [2.75, 3.05) is 5.32 Å². The van der Waals surface area contributed by atoms with Gasteiger partial charge < -0.3 is 5.32 Å². The van der Waals surface area contributed by atoms with Gasteiger partial charge in [-0.05, 0) is 41.5 Å². The number of hydrogen-bond donors (Lipinski definition) is 1. The highest BCUT2D eigenvalue weighted by Gasteiger charge is 2.06. The van der Waals surface area contributed by atoms with Gasteiger partial charge in [-0.2, -0.15) is 5.10 Å². The maximum atomic E-state index is 13.0. The number of nitrogens with one attached hydrogen (secondary N) is 1. The summed E-state index contributed by atoms with van der Waals surface area (Å²) in [5.74, 6) is 0.531. The molecule has 0 fully saturated rings. The number of benzene rings is 1. The molecule has 6 nitrogen and oxygen atoms in total. The van der Waals surface area contributed by atoms with Crippen molar-refractivity contribution in [3.05, 3.63) is 83.0 Å². The van der Waals surface area contributed by atoms with Gasteiger partial charge in [-0.25, -0.2) is 14.1 Å². The van der Waals surface area contributed by atoms with E-state index in [4.69, 9.17) is 0 Å². The van der Waals surface area contributed by atoms with Crippen molar-refractivity contribution >= 4 is 16.5 Å². The predicted octanol–water partition coefficient (Wildman–Crippen LogP) is 3.46. The van der Waals surface area contributed by atoms with E-state index in [-0.39, 0.29) is 5.82 Å². The van der Waals surface area contributed by atoms with Gasteiger partial charge in [0.05, 0.1) is 0 Å². The van der Waals surface area contributed by atoms with Crippen LogP contribution in [0.3, 0.4) is 0 Å². The number of hydrogen-bond acceptors (Lipinski definition) is 6. The lowest BCUT2D eigenvalue weighted by Crippen LogP contribution is -2.02. The molecule has 0 aliphatic carbocycles. The summed E-state index contributed by atoms with van der Waals surface area (Å²) in [6, 6.07) is 12.2. The fraction of sp³-hybridized carbons (Fsp3) is 0.111. The van der Waals surface area contributed by atoms with Crippen LogP contribution in [-0.2, 0) is 13.0 Å². The largest absolute Gasteiger partial charge is 0.356 e. The smallest absolute Gasteiger partial charge is 0.205 e. The molecule has 26 heavy (non-hydrogen) atoms. The molecule has 3 heterocycles. The van der Waals surface area contributed by atoms with E-state index in [2.05, 4.69) is 25.6 Å². The molecule has 8 heteroatoms. The van der Waals surface area contributed by atoms with Crippen LogP contribution in [0.25, 0.3) is 5.82 Å². The van der Waals surface area contributed by atoms with Crippen LogP contribution in [0.4, 0.5) is 9.52 Å². The van der Waals surface area contributed by atoms with Crippen LogP contribution >= 0.6 is 11.3 Å². The Morgan fingerprint density at radius 2 is 1.92 bits per heavy atom. The third kappa shape index (κ3) is 3.92. The van der Waals surface area contributed by atoms with Crippen molar-refractivity contribution in [1.29, 1.82) is 0 Å². The van der Waals surface area contributed by atoms with E-state index in [0.29, 0.717) is 13.0 Å². The second kappa shape index (κ2) is 7.40. The molecule has 0 saturated carbocycles. The normalized spacial score (nSPS) is 10.8. The molecule has 4 aromatic rings. The fourth-order valence-corrected chi connectivity index (χ4v) is 3.22. The molecular formula is C18H15FN6S. The predicted molar refractivity (Wildman–Crippen MR) is 97.8 cm³/mol. The molecule has 0 aliphatic heterocycles. The summed E-state index contributed by atoms with van der Waals surface area (Å²) in [6.07, 6.45) is 5.97. The topological polar surface area (TPSA) is 68.5 Å². The molecule has 0 saturated heterocycles. The summed E-state index contributed by atoms with van der Waals surface area (Å²) in [7, 11) is 0. The molecule has 0 spiro atoms. The third-order valence-electron chi connectivity index (χ3n) is 3.73. The SMILES string of the molecule is Fc1ccc(Cc2nnc(NCc3ccnc(-n4cccn4)c3)s2)cc1. The second-order valence-corrected chi connectivity index (χ2v) is 6.69. The van der Waals surface area contributed by atoms with Crippen molar-refractivity contribution < 1.29 is 4.39 Å². The van der Waals surface area contributed by atoms with E-state index in [1.807, 2.05) is 24.4 Å². The Balaban J connectivity index is 1.39. The molecule has 0 aliphatic rings. The summed E-state index contributed by atoms with van der Waals surface area (Å²) in [6.45, 7) is 0.613. The monoisotopic (exact) mass is 366 g/mol. The first-order valence-electron chi connectivity index (χ1n) is 8.02. The third-order valence-corrected chi connectivity index (χ3v) is 4.61. The summed E-state index contributed by atoms with van der Waals surface area (Å²) >= 11 is 1.49. The molecule has 1 N–H and O–H groups in total. The first-order valence-corrected chi connectivity index (χ1v) is 8.83. The Labute approximate surface area is 153 Å². The van der Waals surface area contributed by atoms with Gasteiger partial charge in [0.25, 0.3) is 0 Å². The average molecular weight is 366 g/mol. The van der Waals surface area contributed by atoms with E-state index in [1.165, 1.54) is 23.5 Å². The van der Waals surface area contributed by atoms with Gasteiger partial charge in [-0.1, -0.05) is 23.5 Å². The van der Waals surface area contributed by atoms with Gasteiger partial charge >= 0.3 is 0 Å². The standard InChI is InChI=1S/C18H15FN6S/c19-15-4-2-13(3-5-15)11-17-23-24-18(26-17)21-12-14-6-8-20-16(10-14)25-9-1-7-22-25/h1-10H,11-12H2,(H,21,24). The van der Waals surface area contributed by atoms with E-state index in [0.717, 1.165) is 27.1 Å². The summed E-state index contributed by atoms with van der Waals surface area (Å²) < 4.78 is 14.7. The highest BCUT2D eigenvalue weighted by atomic mass is 32.1. The summed E-state index contributed by atoms with van der Waals surface area (Å²) in [4.78, 5) is 4.31. The highest BCUT2D eigenvalue weighted by molar-refractivity contribution is 7.15. The van der Waals surface area contributed by atoms with Crippen molar-refractivity contribution in [2.45, 2.75) is 13.0 Å². The zero-order valence-electron chi connectivity index (χ0n) is 13.7. The van der Waals surface area contributed by atoms with Crippen LogP contribution in [0.2, 0.25) is 0 Å². The number of pyridine rings is 1. The molecule has 3 aromatic heterocycles. The first kappa shape index (κ1) is 16.3. The molecule has 1 aromatic carbocycles. The first-order chi connectivity index (χ1) is 12.8. The van der Waals surface area contributed by atoms with Gasteiger partial charge in [0.2, 0.25) is 5.13 Å². The number of halogens is 1. The van der Waals surface area contributed by atoms with Gasteiger partial charge in [0.15, 0.2) is 5.82 Å². The Morgan fingerprint density at radius 1 is 1.04 bits per heavy atom.